The number of halogens is 1. The van der Waals surface area contributed by atoms with E-state index in [1.54, 1.807) is 24.3 Å². The maximum absolute atomic E-state index is 12.3. The number of ether oxygens (including phenoxy) is 2. The molecule has 1 aromatic heterocycles. The van der Waals surface area contributed by atoms with Gasteiger partial charge in [0, 0.05) is 23.6 Å². The Hall–Kier alpha value is -3.51. The number of carbonyl (C=O) groups excluding carboxylic acids is 1. The number of carbonyl (C=O) groups is 1. The number of nitrogens with zero attached hydrogens (tertiary/aromatic N) is 2. The molecule has 4 aromatic rings. The molecule has 7 heteroatoms. The highest BCUT2D eigenvalue weighted by Crippen LogP contribution is 2.26. The van der Waals surface area contributed by atoms with Gasteiger partial charge in [-0.25, -0.2) is 4.98 Å². The summed E-state index contributed by atoms with van der Waals surface area (Å²) < 4.78 is 13.9. The van der Waals surface area contributed by atoms with Crippen molar-refractivity contribution in [1.82, 2.24) is 14.9 Å². The van der Waals surface area contributed by atoms with E-state index < -0.39 is 0 Å². The molecule has 3 aromatic carbocycles. The topological polar surface area (TPSA) is 65.4 Å². The van der Waals surface area contributed by atoms with Gasteiger partial charge in [-0.15, -0.1) is 0 Å². The summed E-state index contributed by atoms with van der Waals surface area (Å²) in [4.78, 5) is 17.1. The number of imidazole rings is 1. The van der Waals surface area contributed by atoms with Gasteiger partial charge >= 0.3 is 0 Å². The predicted molar refractivity (Wildman–Crippen MR) is 135 cm³/mol. The SMILES string of the molecule is CCOc1ccccc1OCCn1c(CCCNC(=O)c2ccc(Cl)cc2)nc2ccccc21. The summed E-state index contributed by atoms with van der Waals surface area (Å²) >= 11 is 5.90. The Balaban J connectivity index is 1.37. The summed E-state index contributed by atoms with van der Waals surface area (Å²) in [5, 5.41) is 3.58. The number of amides is 1. The van der Waals surface area contributed by atoms with E-state index in [1.807, 2.05) is 49.4 Å². The van der Waals surface area contributed by atoms with Gasteiger partial charge in [0.2, 0.25) is 0 Å². The summed E-state index contributed by atoms with van der Waals surface area (Å²) in [7, 11) is 0. The van der Waals surface area contributed by atoms with E-state index in [-0.39, 0.29) is 5.91 Å². The molecular weight excluding hydrogens is 450 g/mol. The molecule has 34 heavy (non-hydrogen) atoms. The summed E-state index contributed by atoms with van der Waals surface area (Å²) in [5.74, 6) is 2.35. The van der Waals surface area contributed by atoms with Crippen molar-refractivity contribution in [3.05, 3.63) is 89.2 Å². The van der Waals surface area contributed by atoms with Crippen LogP contribution in [0.25, 0.3) is 11.0 Å². The lowest BCUT2D eigenvalue weighted by Crippen LogP contribution is -2.25. The predicted octanol–water partition coefficient (Wildman–Crippen LogP) is 5.53. The van der Waals surface area contributed by atoms with Crippen LogP contribution >= 0.6 is 11.6 Å². The third-order valence-corrected chi connectivity index (χ3v) is 5.68. The van der Waals surface area contributed by atoms with E-state index in [4.69, 9.17) is 26.1 Å². The van der Waals surface area contributed by atoms with Crippen LogP contribution in [0.2, 0.25) is 5.02 Å². The van der Waals surface area contributed by atoms with Gasteiger partial charge in [0.15, 0.2) is 11.5 Å². The zero-order chi connectivity index (χ0) is 23.8. The molecule has 0 aliphatic heterocycles. The number of hydrogen-bond donors (Lipinski definition) is 1. The van der Waals surface area contributed by atoms with Crippen molar-refractivity contribution < 1.29 is 14.3 Å². The highest BCUT2D eigenvalue weighted by Gasteiger charge is 2.12. The monoisotopic (exact) mass is 477 g/mol. The first-order valence-electron chi connectivity index (χ1n) is 11.5. The fourth-order valence-electron chi connectivity index (χ4n) is 3.81. The Morgan fingerprint density at radius 3 is 2.44 bits per heavy atom. The fraction of sp³-hybridized carbons (Fsp3) is 0.259. The maximum atomic E-state index is 12.3. The molecule has 0 saturated carbocycles. The van der Waals surface area contributed by atoms with E-state index in [2.05, 4.69) is 16.0 Å². The molecule has 0 spiro atoms. The molecule has 0 bridgehead atoms. The van der Waals surface area contributed by atoms with Gasteiger partial charge in [-0.05, 0) is 61.9 Å². The number of benzene rings is 3. The average Bonchev–Trinajstić information content (AvgIpc) is 3.21. The lowest BCUT2D eigenvalue weighted by Gasteiger charge is -2.13. The molecule has 4 rings (SSSR count). The molecule has 0 aliphatic carbocycles. The Kier molecular flexibility index (Phi) is 8.04. The first-order chi connectivity index (χ1) is 16.7. The molecule has 0 atom stereocenters. The van der Waals surface area contributed by atoms with Crippen LogP contribution in [0.3, 0.4) is 0 Å². The second kappa shape index (κ2) is 11.6. The van der Waals surface area contributed by atoms with E-state index in [0.717, 1.165) is 41.2 Å². The van der Waals surface area contributed by atoms with Crippen molar-refractivity contribution in [3.8, 4) is 11.5 Å². The van der Waals surface area contributed by atoms with Crippen molar-refractivity contribution in [1.29, 1.82) is 0 Å². The Morgan fingerprint density at radius 1 is 0.971 bits per heavy atom. The van der Waals surface area contributed by atoms with Crippen molar-refractivity contribution in [2.24, 2.45) is 0 Å². The molecule has 1 heterocycles. The third-order valence-electron chi connectivity index (χ3n) is 5.42. The Morgan fingerprint density at radius 2 is 1.68 bits per heavy atom. The van der Waals surface area contributed by atoms with Gasteiger partial charge in [0.05, 0.1) is 24.2 Å². The molecule has 0 aliphatic rings. The van der Waals surface area contributed by atoms with Gasteiger partial charge in [-0.2, -0.15) is 0 Å². The quantitative estimate of drug-likeness (QED) is 0.288. The number of fused-ring (bicyclic) bond motifs is 1. The van der Waals surface area contributed by atoms with E-state index in [0.29, 0.717) is 36.9 Å². The number of rotatable bonds is 11. The third kappa shape index (κ3) is 5.88. The van der Waals surface area contributed by atoms with Crippen LogP contribution < -0.4 is 14.8 Å². The minimum absolute atomic E-state index is 0.105. The van der Waals surface area contributed by atoms with Gasteiger partial charge in [-0.1, -0.05) is 35.9 Å². The summed E-state index contributed by atoms with van der Waals surface area (Å²) in [6.07, 6.45) is 1.52. The maximum Gasteiger partial charge on any atom is 0.251 e. The Bertz CT molecular complexity index is 1240. The largest absolute Gasteiger partial charge is 0.490 e. The van der Waals surface area contributed by atoms with E-state index >= 15 is 0 Å². The number of aryl methyl sites for hydroxylation is 1. The Labute approximate surface area is 204 Å². The van der Waals surface area contributed by atoms with Crippen LogP contribution in [0, 0.1) is 0 Å². The summed E-state index contributed by atoms with van der Waals surface area (Å²) in [6.45, 7) is 4.25. The van der Waals surface area contributed by atoms with Crippen molar-refractivity contribution in [3.63, 3.8) is 0 Å². The lowest BCUT2D eigenvalue weighted by molar-refractivity contribution is 0.0953. The van der Waals surface area contributed by atoms with Crippen LogP contribution in [0.1, 0.15) is 29.5 Å². The highest BCUT2D eigenvalue weighted by molar-refractivity contribution is 6.30. The zero-order valence-electron chi connectivity index (χ0n) is 19.2. The molecule has 1 N–H and O–H groups in total. The smallest absolute Gasteiger partial charge is 0.251 e. The molecule has 0 radical (unpaired) electrons. The molecule has 0 fully saturated rings. The molecular formula is C27H28ClN3O3. The van der Waals surface area contributed by atoms with E-state index in [1.165, 1.54) is 0 Å². The van der Waals surface area contributed by atoms with Crippen LogP contribution in [0.4, 0.5) is 0 Å². The van der Waals surface area contributed by atoms with Crippen LogP contribution in [-0.4, -0.2) is 35.2 Å². The molecule has 176 valence electrons. The number of hydrogen-bond acceptors (Lipinski definition) is 4. The van der Waals surface area contributed by atoms with Crippen LogP contribution in [-0.2, 0) is 13.0 Å². The summed E-state index contributed by atoms with van der Waals surface area (Å²) in [6, 6.07) is 22.7. The van der Waals surface area contributed by atoms with Gasteiger partial charge < -0.3 is 19.4 Å². The van der Waals surface area contributed by atoms with Crippen LogP contribution in [0.5, 0.6) is 11.5 Å². The normalized spacial score (nSPS) is 10.9. The fourth-order valence-corrected chi connectivity index (χ4v) is 3.93. The highest BCUT2D eigenvalue weighted by atomic mass is 35.5. The molecule has 0 saturated heterocycles. The van der Waals surface area contributed by atoms with Gasteiger partial charge in [-0.3, -0.25) is 4.79 Å². The second-order valence-electron chi connectivity index (χ2n) is 7.76. The number of nitrogens with one attached hydrogen (secondary N) is 1. The first-order valence-corrected chi connectivity index (χ1v) is 11.9. The number of aromatic nitrogens is 2. The van der Waals surface area contributed by atoms with Crippen molar-refractivity contribution >= 4 is 28.5 Å². The molecule has 1 amide bonds. The van der Waals surface area contributed by atoms with E-state index in [9.17, 15) is 4.79 Å². The lowest BCUT2D eigenvalue weighted by atomic mass is 10.2. The molecule has 6 nitrogen and oxygen atoms in total. The minimum Gasteiger partial charge on any atom is -0.490 e. The second-order valence-corrected chi connectivity index (χ2v) is 8.20. The number of para-hydroxylation sites is 4. The zero-order valence-corrected chi connectivity index (χ0v) is 19.9. The standard InChI is InChI=1S/C27H28ClN3O3/c1-2-33-24-10-5-6-11-25(24)34-19-18-31-23-9-4-3-8-22(23)30-26(31)12-7-17-29-27(32)20-13-15-21(28)16-14-20/h3-6,8-11,13-16H,2,7,12,17-19H2,1H3,(H,29,32). The van der Waals surface area contributed by atoms with Crippen LogP contribution in [0.15, 0.2) is 72.8 Å². The van der Waals surface area contributed by atoms with Crippen molar-refractivity contribution in [2.45, 2.75) is 26.3 Å². The average molecular weight is 478 g/mol. The van der Waals surface area contributed by atoms with Gasteiger partial charge in [0.1, 0.15) is 12.4 Å². The van der Waals surface area contributed by atoms with Crippen molar-refractivity contribution in [2.75, 3.05) is 19.8 Å². The summed E-state index contributed by atoms with van der Waals surface area (Å²) in [5.41, 5.74) is 2.63. The first kappa shape index (κ1) is 23.6. The molecule has 0 unspecified atom stereocenters. The minimum atomic E-state index is -0.105. The van der Waals surface area contributed by atoms with Gasteiger partial charge in [0.25, 0.3) is 5.91 Å².